The molecule has 0 unspecified atom stereocenters. The van der Waals surface area contributed by atoms with Crippen molar-refractivity contribution in [3.05, 3.63) is 104 Å². The van der Waals surface area contributed by atoms with E-state index in [-0.39, 0.29) is 11.4 Å². The summed E-state index contributed by atoms with van der Waals surface area (Å²) in [6, 6.07) is 16.1. The highest BCUT2D eigenvalue weighted by molar-refractivity contribution is 7.93. The molecule has 0 fully saturated rings. The van der Waals surface area contributed by atoms with Crippen LogP contribution in [0.5, 0.6) is 11.5 Å². The van der Waals surface area contributed by atoms with Gasteiger partial charge in [-0.1, -0.05) is 35.3 Å². The standard InChI is InChI=1S/C29H27Cl2N5O7S/c1-18-11-20(19(2)35(18)23-13-21(30)12-22(31)14-23)16-32-33-29(37)17-34(25-10-9-24(42-3)15-27(25)43-4)44(40,41)28-8-6-5-7-26(28)36(38)39/h5-16H,17H2,1-4H3,(H,33,37)/b32-16+. The summed E-state index contributed by atoms with van der Waals surface area (Å²) >= 11 is 12.4. The molecule has 1 amide bonds. The predicted octanol–water partition coefficient (Wildman–Crippen LogP) is 5.67. The zero-order chi connectivity index (χ0) is 32.2. The number of sulfonamides is 1. The number of nitrogens with zero attached hydrogens (tertiary/aromatic N) is 4. The molecule has 44 heavy (non-hydrogen) atoms. The third kappa shape index (κ3) is 6.80. The molecule has 0 spiro atoms. The summed E-state index contributed by atoms with van der Waals surface area (Å²) in [6.45, 7) is 2.95. The largest absolute Gasteiger partial charge is 0.497 e. The van der Waals surface area contributed by atoms with Crippen molar-refractivity contribution in [2.24, 2.45) is 5.10 Å². The van der Waals surface area contributed by atoms with E-state index in [9.17, 15) is 23.3 Å². The zero-order valence-corrected chi connectivity index (χ0v) is 26.3. The van der Waals surface area contributed by atoms with Crippen LogP contribution in [0, 0.1) is 24.0 Å². The minimum atomic E-state index is -4.67. The van der Waals surface area contributed by atoms with Crippen LogP contribution in [0.4, 0.5) is 11.4 Å². The number of ether oxygens (including phenoxy) is 2. The van der Waals surface area contributed by atoms with Gasteiger partial charge in [-0.25, -0.2) is 13.8 Å². The average Bonchev–Trinajstić information content (AvgIpc) is 3.27. The topological polar surface area (TPSA) is 145 Å². The number of hydrazone groups is 1. The molecule has 0 radical (unpaired) electrons. The maximum atomic E-state index is 13.9. The maximum Gasteiger partial charge on any atom is 0.289 e. The van der Waals surface area contributed by atoms with E-state index in [1.165, 1.54) is 50.8 Å². The molecule has 1 heterocycles. The SMILES string of the molecule is COc1ccc(N(CC(=O)N/N=C/c2cc(C)n(-c3cc(Cl)cc(Cl)c3)c2C)S(=O)(=O)c2ccccc2[N+](=O)[O-])c(OC)c1. The summed E-state index contributed by atoms with van der Waals surface area (Å²) in [5, 5.41) is 16.6. The number of hydrogen-bond donors (Lipinski definition) is 1. The minimum Gasteiger partial charge on any atom is -0.497 e. The lowest BCUT2D eigenvalue weighted by molar-refractivity contribution is -0.387. The Morgan fingerprint density at radius 3 is 2.36 bits per heavy atom. The molecule has 4 rings (SSSR count). The Hall–Kier alpha value is -4.59. The highest BCUT2D eigenvalue weighted by atomic mass is 35.5. The van der Waals surface area contributed by atoms with Crippen molar-refractivity contribution in [2.75, 3.05) is 25.1 Å². The monoisotopic (exact) mass is 659 g/mol. The maximum absolute atomic E-state index is 13.9. The van der Waals surface area contributed by atoms with Crippen molar-refractivity contribution in [1.29, 1.82) is 0 Å². The lowest BCUT2D eigenvalue weighted by Crippen LogP contribution is -2.40. The van der Waals surface area contributed by atoms with Gasteiger partial charge in [-0.2, -0.15) is 5.10 Å². The van der Waals surface area contributed by atoms with E-state index < -0.39 is 38.0 Å². The van der Waals surface area contributed by atoms with Crippen LogP contribution in [0.2, 0.25) is 10.0 Å². The fourth-order valence-corrected chi connectivity index (χ4v) is 6.67. The fourth-order valence-electron chi connectivity index (χ4n) is 4.56. The molecular formula is C29H27Cl2N5O7S. The smallest absolute Gasteiger partial charge is 0.289 e. The molecule has 0 aliphatic heterocycles. The van der Waals surface area contributed by atoms with Gasteiger partial charge < -0.3 is 14.0 Å². The number of rotatable bonds is 11. The number of methoxy groups -OCH3 is 2. The Morgan fingerprint density at radius 1 is 1.05 bits per heavy atom. The van der Waals surface area contributed by atoms with Crippen LogP contribution in [-0.2, 0) is 14.8 Å². The van der Waals surface area contributed by atoms with Gasteiger partial charge in [0.25, 0.3) is 21.6 Å². The molecule has 0 aliphatic carbocycles. The van der Waals surface area contributed by atoms with E-state index in [4.69, 9.17) is 32.7 Å². The van der Waals surface area contributed by atoms with E-state index in [0.29, 0.717) is 25.7 Å². The Kier molecular flexibility index (Phi) is 9.82. The number of benzene rings is 3. The molecule has 12 nitrogen and oxygen atoms in total. The number of anilines is 1. The van der Waals surface area contributed by atoms with E-state index in [0.717, 1.165) is 29.2 Å². The van der Waals surface area contributed by atoms with Crippen LogP contribution >= 0.6 is 23.2 Å². The molecule has 0 saturated heterocycles. The van der Waals surface area contributed by atoms with Crippen molar-refractivity contribution >= 4 is 56.7 Å². The third-order valence-electron chi connectivity index (χ3n) is 6.54. The highest BCUT2D eigenvalue weighted by Crippen LogP contribution is 2.37. The lowest BCUT2D eigenvalue weighted by atomic mass is 10.2. The van der Waals surface area contributed by atoms with Crippen molar-refractivity contribution in [2.45, 2.75) is 18.7 Å². The summed E-state index contributed by atoms with van der Waals surface area (Å²) in [4.78, 5) is 23.4. The van der Waals surface area contributed by atoms with Gasteiger partial charge >= 0.3 is 0 Å². The van der Waals surface area contributed by atoms with Crippen LogP contribution in [0.3, 0.4) is 0 Å². The number of nitro groups is 1. The van der Waals surface area contributed by atoms with Crippen molar-refractivity contribution < 1.29 is 27.6 Å². The first-order valence-electron chi connectivity index (χ1n) is 12.8. The zero-order valence-electron chi connectivity index (χ0n) is 23.9. The summed E-state index contributed by atoms with van der Waals surface area (Å²) in [5.74, 6) is -0.409. The van der Waals surface area contributed by atoms with Crippen molar-refractivity contribution in [3.63, 3.8) is 0 Å². The minimum absolute atomic E-state index is 0.0469. The molecule has 3 aromatic carbocycles. The first kappa shape index (κ1) is 32.3. The summed E-state index contributed by atoms with van der Waals surface area (Å²) in [7, 11) is -1.94. The quantitative estimate of drug-likeness (QED) is 0.124. The molecule has 0 atom stereocenters. The van der Waals surface area contributed by atoms with E-state index in [1.807, 2.05) is 24.5 Å². The summed E-state index contributed by atoms with van der Waals surface area (Å²) in [6.07, 6.45) is 1.41. The number of amides is 1. The van der Waals surface area contributed by atoms with E-state index in [2.05, 4.69) is 10.5 Å². The van der Waals surface area contributed by atoms with Gasteiger partial charge in [0.05, 0.1) is 31.0 Å². The normalized spacial score (nSPS) is 11.4. The Morgan fingerprint density at radius 2 is 1.73 bits per heavy atom. The molecule has 15 heteroatoms. The van der Waals surface area contributed by atoms with Gasteiger partial charge in [0.2, 0.25) is 0 Å². The second-order valence-corrected chi connectivity index (χ2v) is 12.1. The summed E-state index contributed by atoms with van der Waals surface area (Å²) in [5.41, 5.74) is 4.68. The van der Waals surface area contributed by atoms with Gasteiger partial charge in [0.15, 0.2) is 4.90 Å². The number of carbonyl (C=O) groups is 1. The number of aromatic nitrogens is 1. The Balaban J connectivity index is 1.66. The number of nitrogens with one attached hydrogen (secondary N) is 1. The van der Waals surface area contributed by atoms with Gasteiger partial charge in [-0.15, -0.1) is 0 Å². The van der Waals surface area contributed by atoms with Gasteiger partial charge in [0, 0.05) is 44.8 Å². The number of halogens is 2. The van der Waals surface area contributed by atoms with Gasteiger partial charge in [0.1, 0.15) is 18.0 Å². The first-order valence-corrected chi connectivity index (χ1v) is 15.0. The first-order chi connectivity index (χ1) is 20.9. The molecule has 1 aromatic heterocycles. The number of aryl methyl sites for hydroxylation is 1. The second-order valence-electron chi connectivity index (χ2n) is 9.36. The number of para-hydroxylation sites is 1. The summed E-state index contributed by atoms with van der Waals surface area (Å²) < 4.78 is 41.0. The predicted molar refractivity (Wildman–Crippen MR) is 168 cm³/mol. The number of nitro benzene ring substituents is 1. The van der Waals surface area contributed by atoms with Crippen molar-refractivity contribution in [3.8, 4) is 17.2 Å². The molecule has 1 N–H and O–H groups in total. The van der Waals surface area contributed by atoms with Gasteiger partial charge in [-0.05, 0) is 56.3 Å². The molecule has 0 saturated carbocycles. The molecule has 0 aliphatic rings. The Labute approximate surface area is 263 Å². The fraction of sp³-hybridized carbons (Fsp3) is 0.172. The number of carbonyl (C=O) groups excluding carboxylic acids is 1. The molecule has 4 aromatic rings. The van der Waals surface area contributed by atoms with Gasteiger partial charge in [-0.3, -0.25) is 19.2 Å². The van der Waals surface area contributed by atoms with Crippen LogP contribution in [0.25, 0.3) is 5.69 Å². The lowest BCUT2D eigenvalue weighted by Gasteiger charge is -2.25. The number of hydrogen-bond acceptors (Lipinski definition) is 8. The second kappa shape index (κ2) is 13.4. The Bertz CT molecular complexity index is 1860. The third-order valence-corrected chi connectivity index (χ3v) is 8.79. The molecule has 0 bridgehead atoms. The van der Waals surface area contributed by atoms with E-state index in [1.54, 1.807) is 18.2 Å². The molecular weight excluding hydrogens is 633 g/mol. The van der Waals surface area contributed by atoms with Crippen molar-refractivity contribution in [1.82, 2.24) is 9.99 Å². The van der Waals surface area contributed by atoms with Crippen LogP contribution in [0.15, 0.2) is 76.7 Å². The van der Waals surface area contributed by atoms with Crippen LogP contribution < -0.4 is 19.2 Å². The van der Waals surface area contributed by atoms with E-state index >= 15 is 0 Å². The van der Waals surface area contributed by atoms with Crippen LogP contribution in [0.1, 0.15) is 17.0 Å². The average molecular weight is 661 g/mol. The van der Waals surface area contributed by atoms with Crippen LogP contribution in [-0.4, -0.2) is 50.8 Å². The highest BCUT2D eigenvalue weighted by Gasteiger charge is 2.34. The molecule has 230 valence electrons.